The van der Waals surface area contributed by atoms with E-state index in [2.05, 4.69) is 21.2 Å². The highest BCUT2D eigenvalue weighted by molar-refractivity contribution is 9.10. The topological polar surface area (TPSA) is 105 Å². The van der Waals surface area contributed by atoms with Gasteiger partial charge in [0.15, 0.2) is 11.9 Å². The maximum Gasteiger partial charge on any atom is 0.412 e. The fourth-order valence-corrected chi connectivity index (χ4v) is 3.04. The first-order valence-corrected chi connectivity index (χ1v) is 9.35. The number of halogens is 1. The van der Waals surface area contributed by atoms with Crippen molar-refractivity contribution in [1.82, 2.24) is 0 Å². The molecule has 2 aromatic rings. The number of methoxy groups -OCH3 is 1. The van der Waals surface area contributed by atoms with Gasteiger partial charge in [-0.2, -0.15) is 0 Å². The number of hydrogen-bond donors (Lipinski definition) is 3. The van der Waals surface area contributed by atoms with Gasteiger partial charge in [0.2, 0.25) is 0 Å². The minimum absolute atomic E-state index is 0.0631. The second-order valence-electron chi connectivity index (χ2n) is 6.07. The van der Waals surface area contributed by atoms with Crippen LogP contribution in [0.5, 0.6) is 5.75 Å². The summed E-state index contributed by atoms with van der Waals surface area (Å²) in [6.45, 7) is 1.28. The van der Waals surface area contributed by atoms with Crippen molar-refractivity contribution >= 4 is 33.5 Å². The molecular weight excluding hydrogens is 430 g/mol. The molecule has 0 heterocycles. The van der Waals surface area contributed by atoms with E-state index in [0.717, 1.165) is 0 Å². The number of aliphatic hydroxyl groups excluding tert-OH is 1. The number of aromatic hydroxyl groups is 1. The minimum Gasteiger partial charge on any atom is -0.508 e. The Kier molecular flexibility index (Phi) is 7.98. The van der Waals surface area contributed by atoms with E-state index in [1.165, 1.54) is 20.1 Å². The van der Waals surface area contributed by atoms with Gasteiger partial charge in [0.25, 0.3) is 0 Å². The second kappa shape index (κ2) is 10.2. The number of ether oxygens (including phenoxy) is 2. The van der Waals surface area contributed by atoms with Crippen molar-refractivity contribution in [2.24, 2.45) is 0 Å². The molecule has 28 heavy (non-hydrogen) atoms. The quantitative estimate of drug-likeness (QED) is 0.522. The predicted molar refractivity (Wildman–Crippen MR) is 108 cm³/mol. The molecular formula is C20H22BrNO6. The number of carbonyl (C=O) groups is 2. The maximum atomic E-state index is 12.4. The lowest BCUT2D eigenvalue weighted by Gasteiger charge is -2.26. The number of rotatable bonds is 8. The number of benzene rings is 2. The van der Waals surface area contributed by atoms with Crippen LogP contribution in [0, 0.1) is 0 Å². The van der Waals surface area contributed by atoms with E-state index in [-0.39, 0.29) is 24.6 Å². The molecule has 0 aliphatic carbocycles. The molecule has 0 bridgehead atoms. The molecule has 0 spiro atoms. The zero-order valence-electron chi connectivity index (χ0n) is 15.5. The van der Waals surface area contributed by atoms with Crippen LogP contribution in [-0.4, -0.2) is 41.9 Å². The highest BCUT2D eigenvalue weighted by Crippen LogP contribution is 2.34. The summed E-state index contributed by atoms with van der Waals surface area (Å²) in [4.78, 5) is 23.8. The molecule has 0 radical (unpaired) electrons. The van der Waals surface area contributed by atoms with Crippen LogP contribution in [0.4, 0.5) is 10.5 Å². The highest BCUT2D eigenvalue weighted by atomic mass is 79.9. The summed E-state index contributed by atoms with van der Waals surface area (Å²) in [5.41, 5.74) is 1.32. The molecule has 0 saturated heterocycles. The zero-order chi connectivity index (χ0) is 20.7. The van der Waals surface area contributed by atoms with Crippen molar-refractivity contribution < 1.29 is 29.3 Å². The van der Waals surface area contributed by atoms with E-state index in [1.807, 2.05) is 0 Å². The Hall–Kier alpha value is -2.42. The summed E-state index contributed by atoms with van der Waals surface area (Å²) in [6.07, 6.45) is -2.18. The Bertz CT molecular complexity index is 824. The fourth-order valence-electron chi connectivity index (χ4n) is 2.66. The van der Waals surface area contributed by atoms with Crippen molar-refractivity contribution in [3.05, 3.63) is 58.1 Å². The first kappa shape index (κ1) is 21.9. The molecule has 2 aromatic carbocycles. The number of nitrogens with one attached hydrogen (secondary N) is 1. The molecule has 0 unspecified atom stereocenters. The lowest BCUT2D eigenvalue weighted by molar-refractivity contribution is -0.0314. The molecule has 0 aromatic heterocycles. The standard InChI is InChI=1S/C20H22BrNO6/c1-12(24)13-3-6-15(7-4-13)22-20(26)28-19(18(27-2)9-10-23)16-11-14(21)5-8-17(16)25/h3-8,11,18-19,23,25H,9-10H2,1-2H3,(H,22,26)/t18-,19-/m0/s1. The van der Waals surface area contributed by atoms with Gasteiger partial charge in [0.05, 0.1) is 0 Å². The summed E-state index contributed by atoms with van der Waals surface area (Å²) in [5.74, 6) is -0.141. The normalized spacial score (nSPS) is 12.9. The van der Waals surface area contributed by atoms with E-state index in [0.29, 0.717) is 21.3 Å². The minimum atomic E-state index is -0.953. The summed E-state index contributed by atoms with van der Waals surface area (Å²) < 4.78 is 11.6. The largest absolute Gasteiger partial charge is 0.508 e. The molecule has 2 atom stereocenters. The van der Waals surface area contributed by atoms with Gasteiger partial charge in [-0.3, -0.25) is 10.1 Å². The molecule has 0 fully saturated rings. The number of anilines is 1. The summed E-state index contributed by atoms with van der Waals surface area (Å²) in [6, 6.07) is 11.1. The smallest absolute Gasteiger partial charge is 0.412 e. The molecule has 7 nitrogen and oxygen atoms in total. The fraction of sp³-hybridized carbons (Fsp3) is 0.300. The van der Waals surface area contributed by atoms with Crippen LogP contribution < -0.4 is 5.32 Å². The van der Waals surface area contributed by atoms with Crippen LogP contribution in [0.25, 0.3) is 0 Å². The SMILES string of the molecule is CO[C@@H](CCO)[C@@H](OC(=O)Nc1ccc(C(C)=O)cc1)c1cc(Br)ccc1O. The van der Waals surface area contributed by atoms with Gasteiger partial charge < -0.3 is 19.7 Å². The summed E-state index contributed by atoms with van der Waals surface area (Å²) in [5, 5.41) is 22.1. The van der Waals surface area contributed by atoms with Crippen LogP contribution in [0.15, 0.2) is 46.9 Å². The molecule has 1 amide bonds. The van der Waals surface area contributed by atoms with E-state index in [1.54, 1.807) is 36.4 Å². The first-order chi connectivity index (χ1) is 13.3. The van der Waals surface area contributed by atoms with Gasteiger partial charge in [-0.15, -0.1) is 0 Å². The number of phenols is 1. The van der Waals surface area contributed by atoms with Crippen LogP contribution in [0.3, 0.4) is 0 Å². The molecule has 0 aliphatic rings. The number of Topliss-reactive ketones (excluding diaryl/α,β-unsaturated/α-hetero) is 1. The lowest BCUT2D eigenvalue weighted by Crippen LogP contribution is -2.29. The van der Waals surface area contributed by atoms with E-state index >= 15 is 0 Å². The number of amides is 1. The van der Waals surface area contributed by atoms with Crippen LogP contribution in [-0.2, 0) is 9.47 Å². The number of phenolic OH excluding ortho intramolecular Hbond substituents is 1. The third kappa shape index (κ3) is 5.79. The van der Waals surface area contributed by atoms with Crippen molar-refractivity contribution in [3.63, 3.8) is 0 Å². The summed E-state index contributed by atoms with van der Waals surface area (Å²) >= 11 is 3.33. The zero-order valence-corrected chi connectivity index (χ0v) is 17.1. The molecule has 0 aliphatic heterocycles. The Balaban J connectivity index is 2.22. The maximum absolute atomic E-state index is 12.4. The van der Waals surface area contributed by atoms with Gasteiger partial charge >= 0.3 is 6.09 Å². The molecule has 0 saturated carbocycles. The lowest BCUT2D eigenvalue weighted by atomic mass is 10.0. The van der Waals surface area contributed by atoms with Crippen LogP contribution >= 0.6 is 15.9 Å². The van der Waals surface area contributed by atoms with Crippen LogP contribution in [0.2, 0.25) is 0 Å². The van der Waals surface area contributed by atoms with Gasteiger partial charge in [-0.1, -0.05) is 15.9 Å². The van der Waals surface area contributed by atoms with Gasteiger partial charge in [0.1, 0.15) is 11.9 Å². The number of carbonyl (C=O) groups excluding carboxylic acids is 2. The van der Waals surface area contributed by atoms with Gasteiger partial charge in [0, 0.05) is 41.4 Å². The van der Waals surface area contributed by atoms with Gasteiger partial charge in [-0.05, 0) is 49.4 Å². The van der Waals surface area contributed by atoms with Crippen molar-refractivity contribution in [2.45, 2.75) is 25.6 Å². The third-order valence-corrected chi connectivity index (χ3v) is 4.62. The number of aliphatic hydroxyl groups is 1. The van der Waals surface area contributed by atoms with E-state index < -0.39 is 18.3 Å². The van der Waals surface area contributed by atoms with E-state index in [9.17, 15) is 19.8 Å². The number of hydrogen-bond acceptors (Lipinski definition) is 6. The Labute approximate surface area is 171 Å². The highest BCUT2D eigenvalue weighted by Gasteiger charge is 2.29. The molecule has 150 valence electrons. The van der Waals surface area contributed by atoms with Gasteiger partial charge in [-0.25, -0.2) is 4.79 Å². The Morgan fingerprint density at radius 2 is 1.86 bits per heavy atom. The monoisotopic (exact) mass is 451 g/mol. The average molecular weight is 452 g/mol. The first-order valence-electron chi connectivity index (χ1n) is 8.56. The molecule has 8 heteroatoms. The molecule has 2 rings (SSSR count). The third-order valence-electron chi connectivity index (χ3n) is 4.12. The Morgan fingerprint density at radius 3 is 2.43 bits per heavy atom. The molecule has 3 N–H and O–H groups in total. The number of ketones is 1. The Morgan fingerprint density at radius 1 is 1.18 bits per heavy atom. The van der Waals surface area contributed by atoms with Crippen molar-refractivity contribution in [1.29, 1.82) is 0 Å². The summed E-state index contributed by atoms with van der Waals surface area (Å²) in [7, 11) is 1.43. The predicted octanol–water partition coefficient (Wildman–Crippen LogP) is 4.04. The van der Waals surface area contributed by atoms with Crippen LogP contribution in [0.1, 0.15) is 35.4 Å². The van der Waals surface area contributed by atoms with Crippen molar-refractivity contribution in [2.75, 3.05) is 19.0 Å². The second-order valence-corrected chi connectivity index (χ2v) is 6.99. The van der Waals surface area contributed by atoms with Crippen molar-refractivity contribution in [3.8, 4) is 5.75 Å². The average Bonchev–Trinajstić information content (AvgIpc) is 2.67. The van der Waals surface area contributed by atoms with E-state index in [4.69, 9.17) is 9.47 Å².